The SMILES string of the molecule is CC(NS(=O)(=O)c1ccccc1)C(=O)OCC(=O)Nc1ccc(C(=O)N(C)C)cc1. The van der Waals surface area contributed by atoms with Crippen molar-refractivity contribution < 1.29 is 27.5 Å². The van der Waals surface area contributed by atoms with Crippen molar-refractivity contribution in [3.63, 3.8) is 0 Å². The maximum atomic E-state index is 12.2. The van der Waals surface area contributed by atoms with Gasteiger partial charge in [0.2, 0.25) is 10.0 Å². The molecule has 160 valence electrons. The van der Waals surface area contributed by atoms with Gasteiger partial charge in [-0.05, 0) is 43.3 Å². The van der Waals surface area contributed by atoms with Gasteiger partial charge in [0.25, 0.3) is 11.8 Å². The van der Waals surface area contributed by atoms with Gasteiger partial charge in [-0.2, -0.15) is 4.72 Å². The van der Waals surface area contributed by atoms with Crippen LogP contribution >= 0.6 is 0 Å². The zero-order valence-corrected chi connectivity index (χ0v) is 17.6. The summed E-state index contributed by atoms with van der Waals surface area (Å²) >= 11 is 0. The van der Waals surface area contributed by atoms with Crippen LogP contribution < -0.4 is 10.0 Å². The molecule has 0 fully saturated rings. The number of hydrogen-bond donors (Lipinski definition) is 2. The summed E-state index contributed by atoms with van der Waals surface area (Å²) in [5, 5.41) is 2.53. The Morgan fingerprint density at radius 3 is 2.17 bits per heavy atom. The zero-order valence-electron chi connectivity index (χ0n) is 16.8. The van der Waals surface area contributed by atoms with Gasteiger partial charge in [0.15, 0.2) is 6.61 Å². The van der Waals surface area contributed by atoms with Crippen molar-refractivity contribution in [3.05, 3.63) is 60.2 Å². The van der Waals surface area contributed by atoms with Gasteiger partial charge in [0.1, 0.15) is 6.04 Å². The minimum Gasteiger partial charge on any atom is -0.454 e. The quantitative estimate of drug-likeness (QED) is 0.604. The number of benzene rings is 2. The van der Waals surface area contributed by atoms with E-state index in [2.05, 4.69) is 10.0 Å². The summed E-state index contributed by atoms with van der Waals surface area (Å²) in [6.07, 6.45) is 0. The number of hydrogen-bond acceptors (Lipinski definition) is 6. The van der Waals surface area contributed by atoms with Gasteiger partial charge < -0.3 is 15.0 Å². The molecule has 2 amide bonds. The first-order chi connectivity index (χ1) is 14.1. The Balaban J connectivity index is 1.85. The van der Waals surface area contributed by atoms with E-state index < -0.39 is 34.5 Å². The van der Waals surface area contributed by atoms with Gasteiger partial charge >= 0.3 is 5.97 Å². The third kappa shape index (κ3) is 6.39. The largest absolute Gasteiger partial charge is 0.454 e. The van der Waals surface area contributed by atoms with Gasteiger partial charge in [-0.1, -0.05) is 18.2 Å². The van der Waals surface area contributed by atoms with Crippen LogP contribution in [-0.2, 0) is 24.3 Å². The van der Waals surface area contributed by atoms with Crippen LogP contribution in [0.4, 0.5) is 5.69 Å². The average Bonchev–Trinajstić information content (AvgIpc) is 2.72. The fraction of sp³-hybridized carbons (Fsp3) is 0.250. The molecule has 0 heterocycles. The van der Waals surface area contributed by atoms with Crippen molar-refractivity contribution in [2.75, 3.05) is 26.0 Å². The molecule has 1 unspecified atom stereocenters. The molecule has 0 saturated carbocycles. The molecule has 2 rings (SSSR count). The van der Waals surface area contributed by atoms with E-state index in [1.54, 1.807) is 56.6 Å². The van der Waals surface area contributed by atoms with E-state index >= 15 is 0 Å². The van der Waals surface area contributed by atoms with Crippen molar-refractivity contribution in [2.24, 2.45) is 0 Å². The molecule has 0 aromatic heterocycles. The van der Waals surface area contributed by atoms with Gasteiger partial charge in [-0.3, -0.25) is 14.4 Å². The first-order valence-corrected chi connectivity index (χ1v) is 10.4. The molecule has 0 aliphatic heterocycles. The lowest BCUT2D eigenvalue weighted by Gasteiger charge is -2.14. The Labute approximate surface area is 175 Å². The highest BCUT2D eigenvalue weighted by Gasteiger charge is 2.23. The summed E-state index contributed by atoms with van der Waals surface area (Å²) in [5.41, 5.74) is 0.883. The fourth-order valence-electron chi connectivity index (χ4n) is 2.36. The van der Waals surface area contributed by atoms with E-state index in [1.807, 2.05) is 0 Å². The smallest absolute Gasteiger partial charge is 0.324 e. The van der Waals surface area contributed by atoms with E-state index in [4.69, 9.17) is 4.74 Å². The number of amides is 2. The first-order valence-electron chi connectivity index (χ1n) is 8.96. The molecule has 10 heteroatoms. The molecule has 2 aromatic carbocycles. The van der Waals surface area contributed by atoms with Crippen LogP contribution in [-0.4, -0.2) is 57.8 Å². The van der Waals surface area contributed by atoms with E-state index in [9.17, 15) is 22.8 Å². The van der Waals surface area contributed by atoms with Crippen LogP contribution in [0, 0.1) is 0 Å². The average molecular weight is 433 g/mol. The van der Waals surface area contributed by atoms with Crippen molar-refractivity contribution >= 4 is 33.5 Å². The van der Waals surface area contributed by atoms with Crippen molar-refractivity contribution in [1.82, 2.24) is 9.62 Å². The second-order valence-corrected chi connectivity index (χ2v) is 8.30. The number of anilines is 1. The molecular weight excluding hydrogens is 410 g/mol. The first kappa shape index (κ1) is 23.0. The molecule has 30 heavy (non-hydrogen) atoms. The number of sulfonamides is 1. The Morgan fingerprint density at radius 2 is 1.60 bits per heavy atom. The minimum atomic E-state index is -3.89. The summed E-state index contributed by atoms with van der Waals surface area (Å²) in [6.45, 7) is 0.732. The third-order valence-electron chi connectivity index (χ3n) is 3.91. The molecule has 1 atom stereocenters. The van der Waals surface area contributed by atoms with E-state index in [0.717, 1.165) is 0 Å². The summed E-state index contributed by atoms with van der Waals surface area (Å²) in [7, 11) is -0.627. The predicted molar refractivity (Wildman–Crippen MR) is 110 cm³/mol. The van der Waals surface area contributed by atoms with Crippen LogP contribution in [0.15, 0.2) is 59.5 Å². The molecule has 9 nitrogen and oxygen atoms in total. The Hall–Kier alpha value is -3.24. The molecular formula is C20H23N3O6S. The van der Waals surface area contributed by atoms with E-state index in [1.165, 1.54) is 24.0 Å². The number of rotatable bonds is 8. The van der Waals surface area contributed by atoms with Crippen LogP contribution in [0.25, 0.3) is 0 Å². The molecule has 0 radical (unpaired) electrons. The Kier molecular flexibility index (Phi) is 7.67. The van der Waals surface area contributed by atoms with Gasteiger partial charge in [0, 0.05) is 25.3 Å². The summed E-state index contributed by atoms with van der Waals surface area (Å²) in [6, 6.07) is 12.6. The van der Waals surface area contributed by atoms with Crippen LogP contribution in [0.3, 0.4) is 0 Å². The van der Waals surface area contributed by atoms with Crippen molar-refractivity contribution in [2.45, 2.75) is 17.9 Å². The Morgan fingerprint density at radius 1 is 1.00 bits per heavy atom. The van der Waals surface area contributed by atoms with E-state index in [0.29, 0.717) is 11.3 Å². The minimum absolute atomic E-state index is 0.0126. The Bertz CT molecular complexity index is 1000. The number of esters is 1. The number of nitrogens with zero attached hydrogens (tertiary/aromatic N) is 1. The summed E-state index contributed by atoms with van der Waals surface area (Å²) in [5.74, 6) is -1.67. The summed E-state index contributed by atoms with van der Waals surface area (Å²) < 4.78 is 31.5. The van der Waals surface area contributed by atoms with Gasteiger partial charge in [-0.25, -0.2) is 8.42 Å². The molecule has 2 aromatic rings. The van der Waals surface area contributed by atoms with Crippen molar-refractivity contribution in [3.8, 4) is 0 Å². The lowest BCUT2D eigenvalue weighted by atomic mass is 10.2. The highest BCUT2D eigenvalue weighted by atomic mass is 32.2. The fourth-order valence-corrected chi connectivity index (χ4v) is 3.57. The summed E-state index contributed by atoms with van der Waals surface area (Å²) in [4.78, 5) is 37.3. The predicted octanol–water partition coefficient (Wildman–Crippen LogP) is 1.24. The van der Waals surface area contributed by atoms with E-state index in [-0.39, 0.29) is 10.8 Å². The molecule has 0 aliphatic carbocycles. The third-order valence-corrected chi connectivity index (χ3v) is 5.46. The number of carbonyl (C=O) groups is 3. The molecule has 0 bridgehead atoms. The van der Waals surface area contributed by atoms with Crippen LogP contribution in [0.1, 0.15) is 17.3 Å². The second-order valence-electron chi connectivity index (χ2n) is 6.59. The van der Waals surface area contributed by atoms with Crippen molar-refractivity contribution in [1.29, 1.82) is 0 Å². The lowest BCUT2D eigenvalue weighted by Crippen LogP contribution is -2.40. The highest BCUT2D eigenvalue weighted by molar-refractivity contribution is 7.89. The number of nitrogens with one attached hydrogen (secondary N) is 2. The highest BCUT2D eigenvalue weighted by Crippen LogP contribution is 2.11. The number of carbonyl (C=O) groups excluding carboxylic acids is 3. The topological polar surface area (TPSA) is 122 Å². The standard InChI is InChI=1S/C20H23N3O6S/c1-14(22-30(27,28)17-7-5-4-6-8-17)20(26)29-13-18(24)21-16-11-9-15(10-12-16)19(25)23(2)3/h4-12,14,22H,13H2,1-3H3,(H,21,24). The molecule has 0 saturated heterocycles. The zero-order chi connectivity index (χ0) is 22.3. The number of ether oxygens (including phenoxy) is 1. The normalized spacial score (nSPS) is 12.0. The maximum absolute atomic E-state index is 12.2. The molecule has 0 spiro atoms. The lowest BCUT2D eigenvalue weighted by molar-refractivity contribution is -0.148. The van der Waals surface area contributed by atoms with Gasteiger partial charge in [-0.15, -0.1) is 0 Å². The molecule has 2 N–H and O–H groups in total. The second kappa shape index (κ2) is 9.99. The van der Waals surface area contributed by atoms with Crippen LogP contribution in [0.5, 0.6) is 0 Å². The maximum Gasteiger partial charge on any atom is 0.324 e. The van der Waals surface area contributed by atoms with Crippen LogP contribution in [0.2, 0.25) is 0 Å². The molecule has 0 aliphatic rings. The monoisotopic (exact) mass is 433 g/mol. The van der Waals surface area contributed by atoms with Gasteiger partial charge in [0.05, 0.1) is 4.90 Å².